The molecule has 4 nitrogen and oxygen atoms in total. The molecular formula is C12H14O4. The molecule has 86 valence electrons. The van der Waals surface area contributed by atoms with Crippen molar-refractivity contribution in [2.45, 2.75) is 19.3 Å². The van der Waals surface area contributed by atoms with E-state index in [0.29, 0.717) is 5.56 Å². The van der Waals surface area contributed by atoms with Gasteiger partial charge in [0.2, 0.25) is 0 Å². The van der Waals surface area contributed by atoms with Crippen molar-refractivity contribution in [1.82, 2.24) is 0 Å². The van der Waals surface area contributed by atoms with E-state index in [4.69, 9.17) is 9.47 Å². The van der Waals surface area contributed by atoms with Gasteiger partial charge in [0, 0.05) is 5.92 Å². The Morgan fingerprint density at radius 1 is 1.44 bits per heavy atom. The second-order valence-electron chi connectivity index (χ2n) is 3.89. The second-order valence-corrected chi connectivity index (χ2v) is 3.89. The zero-order valence-electron chi connectivity index (χ0n) is 9.00. The SMILES string of the molecule is CC1C(OC(=O)c2ccccc2)CO[C@H]1O. The van der Waals surface area contributed by atoms with Gasteiger partial charge in [-0.2, -0.15) is 0 Å². The number of benzene rings is 1. The minimum Gasteiger partial charge on any atom is -0.456 e. The third kappa shape index (κ3) is 2.23. The minimum atomic E-state index is -0.839. The number of aliphatic hydroxyl groups excluding tert-OH is 1. The molecule has 0 aliphatic carbocycles. The molecule has 0 aromatic heterocycles. The Labute approximate surface area is 93.8 Å². The highest BCUT2D eigenvalue weighted by Gasteiger charge is 2.35. The molecule has 1 saturated heterocycles. The van der Waals surface area contributed by atoms with Crippen LogP contribution < -0.4 is 0 Å². The van der Waals surface area contributed by atoms with E-state index in [2.05, 4.69) is 0 Å². The van der Waals surface area contributed by atoms with Crippen LogP contribution in [0.3, 0.4) is 0 Å². The van der Waals surface area contributed by atoms with Crippen LogP contribution in [0.2, 0.25) is 0 Å². The van der Waals surface area contributed by atoms with Gasteiger partial charge in [0.25, 0.3) is 0 Å². The van der Waals surface area contributed by atoms with Gasteiger partial charge in [0.05, 0.1) is 12.2 Å². The number of aliphatic hydroxyl groups is 1. The topological polar surface area (TPSA) is 55.8 Å². The molecule has 0 bridgehead atoms. The van der Waals surface area contributed by atoms with E-state index >= 15 is 0 Å². The molecule has 0 amide bonds. The summed E-state index contributed by atoms with van der Waals surface area (Å²) in [5.41, 5.74) is 0.510. The maximum absolute atomic E-state index is 11.7. The van der Waals surface area contributed by atoms with Crippen molar-refractivity contribution in [2.75, 3.05) is 6.61 Å². The lowest BCUT2D eigenvalue weighted by Crippen LogP contribution is -2.26. The van der Waals surface area contributed by atoms with Gasteiger partial charge >= 0.3 is 5.97 Å². The van der Waals surface area contributed by atoms with Crippen LogP contribution in [-0.2, 0) is 9.47 Å². The van der Waals surface area contributed by atoms with Crippen molar-refractivity contribution >= 4 is 5.97 Å². The van der Waals surface area contributed by atoms with Crippen LogP contribution in [0, 0.1) is 5.92 Å². The van der Waals surface area contributed by atoms with Crippen LogP contribution in [0.15, 0.2) is 30.3 Å². The smallest absolute Gasteiger partial charge is 0.338 e. The summed E-state index contributed by atoms with van der Waals surface area (Å²) in [7, 11) is 0. The Morgan fingerprint density at radius 3 is 2.69 bits per heavy atom. The highest BCUT2D eigenvalue weighted by Crippen LogP contribution is 2.22. The van der Waals surface area contributed by atoms with Crippen LogP contribution in [0.25, 0.3) is 0 Å². The Balaban J connectivity index is 1.98. The maximum Gasteiger partial charge on any atom is 0.338 e. The molecule has 16 heavy (non-hydrogen) atoms. The molecule has 1 N–H and O–H groups in total. The van der Waals surface area contributed by atoms with E-state index in [1.165, 1.54) is 0 Å². The normalized spacial score (nSPS) is 29.0. The number of hydrogen-bond acceptors (Lipinski definition) is 4. The predicted octanol–water partition coefficient (Wildman–Crippen LogP) is 1.20. The van der Waals surface area contributed by atoms with Crippen LogP contribution in [-0.4, -0.2) is 30.1 Å². The molecule has 2 rings (SSSR count). The van der Waals surface area contributed by atoms with E-state index in [0.717, 1.165) is 0 Å². The molecular weight excluding hydrogens is 208 g/mol. The van der Waals surface area contributed by atoms with Gasteiger partial charge < -0.3 is 14.6 Å². The van der Waals surface area contributed by atoms with Crippen molar-refractivity contribution in [3.05, 3.63) is 35.9 Å². The van der Waals surface area contributed by atoms with Crippen LogP contribution >= 0.6 is 0 Å². The Kier molecular flexibility index (Phi) is 3.22. The maximum atomic E-state index is 11.7. The molecule has 1 aromatic rings. The first-order chi connectivity index (χ1) is 7.68. The van der Waals surface area contributed by atoms with Crippen LogP contribution in [0.4, 0.5) is 0 Å². The van der Waals surface area contributed by atoms with Gasteiger partial charge in [-0.15, -0.1) is 0 Å². The van der Waals surface area contributed by atoms with E-state index in [1.54, 1.807) is 31.2 Å². The fourth-order valence-electron chi connectivity index (χ4n) is 1.60. The average Bonchev–Trinajstić information content (AvgIpc) is 2.62. The monoisotopic (exact) mass is 222 g/mol. The fourth-order valence-corrected chi connectivity index (χ4v) is 1.60. The Bertz CT molecular complexity index is 363. The molecule has 2 unspecified atom stereocenters. The van der Waals surface area contributed by atoms with E-state index in [1.807, 2.05) is 6.07 Å². The third-order valence-electron chi connectivity index (χ3n) is 2.74. The quantitative estimate of drug-likeness (QED) is 0.764. The average molecular weight is 222 g/mol. The summed E-state index contributed by atoms with van der Waals surface area (Å²) in [6.45, 7) is 2.04. The molecule has 0 radical (unpaired) electrons. The highest BCUT2D eigenvalue weighted by atomic mass is 16.6. The molecule has 1 aliphatic heterocycles. The third-order valence-corrected chi connectivity index (χ3v) is 2.74. The first-order valence-corrected chi connectivity index (χ1v) is 5.24. The van der Waals surface area contributed by atoms with Gasteiger partial charge in [0.1, 0.15) is 6.10 Å². The molecule has 0 saturated carbocycles. The lowest BCUT2D eigenvalue weighted by atomic mass is 10.1. The van der Waals surface area contributed by atoms with Crippen LogP contribution in [0.5, 0.6) is 0 Å². The summed E-state index contributed by atoms with van der Waals surface area (Å²) < 4.78 is 10.2. The zero-order valence-corrected chi connectivity index (χ0v) is 9.00. The number of carbonyl (C=O) groups excluding carboxylic acids is 1. The minimum absolute atomic E-state index is 0.187. The number of esters is 1. The van der Waals surface area contributed by atoms with Crippen molar-refractivity contribution < 1.29 is 19.4 Å². The summed E-state index contributed by atoms with van der Waals surface area (Å²) in [6, 6.07) is 8.78. The van der Waals surface area contributed by atoms with Crippen molar-refractivity contribution in [1.29, 1.82) is 0 Å². The summed E-state index contributed by atoms with van der Waals surface area (Å²) in [4.78, 5) is 11.7. The van der Waals surface area contributed by atoms with Gasteiger partial charge in [-0.3, -0.25) is 0 Å². The molecule has 1 aromatic carbocycles. The van der Waals surface area contributed by atoms with E-state index < -0.39 is 6.29 Å². The first kappa shape index (κ1) is 11.1. The molecule has 1 fully saturated rings. The Hall–Kier alpha value is -1.39. The summed E-state index contributed by atoms with van der Waals surface area (Å²) in [5.74, 6) is -0.567. The summed E-state index contributed by atoms with van der Waals surface area (Å²) in [5, 5.41) is 9.34. The second kappa shape index (κ2) is 4.63. The van der Waals surface area contributed by atoms with Crippen molar-refractivity contribution in [2.24, 2.45) is 5.92 Å². The highest BCUT2D eigenvalue weighted by molar-refractivity contribution is 5.89. The fraction of sp³-hybridized carbons (Fsp3) is 0.417. The van der Waals surface area contributed by atoms with Crippen LogP contribution in [0.1, 0.15) is 17.3 Å². The standard InChI is InChI=1S/C12H14O4/c1-8-10(7-15-11(8)13)16-12(14)9-5-3-2-4-6-9/h2-6,8,10-11,13H,7H2,1H3/t8?,10?,11-/m1/s1. The van der Waals surface area contributed by atoms with Gasteiger partial charge in [-0.25, -0.2) is 4.79 Å². The number of carbonyl (C=O) groups is 1. The van der Waals surface area contributed by atoms with E-state index in [9.17, 15) is 9.90 Å². The van der Waals surface area contributed by atoms with Gasteiger partial charge in [-0.05, 0) is 12.1 Å². The predicted molar refractivity (Wildman–Crippen MR) is 56.8 cm³/mol. The molecule has 3 atom stereocenters. The molecule has 0 spiro atoms. The number of ether oxygens (including phenoxy) is 2. The Morgan fingerprint density at radius 2 is 2.12 bits per heavy atom. The zero-order chi connectivity index (χ0) is 11.5. The van der Waals surface area contributed by atoms with Gasteiger partial charge in [0.15, 0.2) is 6.29 Å². The number of rotatable bonds is 2. The molecule has 4 heteroatoms. The van der Waals surface area contributed by atoms with Crippen molar-refractivity contribution in [3.8, 4) is 0 Å². The molecule has 1 heterocycles. The number of hydrogen-bond donors (Lipinski definition) is 1. The lowest BCUT2D eigenvalue weighted by molar-refractivity contribution is -0.0788. The lowest BCUT2D eigenvalue weighted by Gasteiger charge is -2.15. The van der Waals surface area contributed by atoms with E-state index in [-0.39, 0.29) is 24.6 Å². The summed E-state index contributed by atoms with van der Waals surface area (Å²) in [6.07, 6.45) is -1.21. The summed E-state index contributed by atoms with van der Waals surface area (Å²) >= 11 is 0. The van der Waals surface area contributed by atoms with Gasteiger partial charge in [-0.1, -0.05) is 25.1 Å². The van der Waals surface area contributed by atoms with Crippen molar-refractivity contribution in [3.63, 3.8) is 0 Å². The largest absolute Gasteiger partial charge is 0.456 e. The first-order valence-electron chi connectivity index (χ1n) is 5.24. The molecule has 1 aliphatic rings.